The Bertz CT molecular complexity index is 1080. The lowest BCUT2D eigenvalue weighted by Gasteiger charge is -2.07. The molecule has 1 amide bonds. The van der Waals surface area contributed by atoms with Gasteiger partial charge < -0.3 is 10.6 Å². The van der Waals surface area contributed by atoms with Gasteiger partial charge in [-0.3, -0.25) is 9.59 Å². The van der Waals surface area contributed by atoms with E-state index < -0.39 is 15.9 Å². The summed E-state index contributed by atoms with van der Waals surface area (Å²) in [5, 5.41) is 19.7. The van der Waals surface area contributed by atoms with E-state index in [4.69, 9.17) is 5.14 Å². The number of ketones is 1. The van der Waals surface area contributed by atoms with Gasteiger partial charge in [0.05, 0.1) is 4.90 Å². The van der Waals surface area contributed by atoms with Crippen LogP contribution in [0.2, 0.25) is 0 Å². The van der Waals surface area contributed by atoms with E-state index in [0.717, 1.165) is 5.56 Å². The van der Waals surface area contributed by atoms with Crippen molar-refractivity contribution < 1.29 is 18.0 Å². The van der Waals surface area contributed by atoms with Crippen molar-refractivity contribution in [2.75, 3.05) is 11.9 Å². The Morgan fingerprint density at radius 2 is 1.86 bits per heavy atom. The van der Waals surface area contributed by atoms with Gasteiger partial charge in [-0.25, -0.2) is 13.6 Å². The number of carbonyl (C=O) groups excluding carboxylic acids is 2. The van der Waals surface area contributed by atoms with Crippen molar-refractivity contribution in [1.29, 1.82) is 5.26 Å². The highest BCUT2D eigenvalue weighted by molar-refractivity contribution is 7.89. The zero-order valence-electron chi connectivity index (χ0n) is 15.7. The molecule has 4 N–H and O–H groups in total. The Balaban J connectivity index is 1.93. The number of hydrogen-bond donors (Lipinski definition) is 3. The molecule has 0 aliphatic heterocycles. The largest absolute Gasteiger partial charge is 0.389 e. The third-order valence-electron chi connectivity index (χ3n) is 3.95. The number of sulfonamides is 1. The number of benzene rings is 2. The third-order valence-corrected chi connectivity index (χ3v) is 4.88. The molecule has 29 heavy (non-hydrogen) atoms. The Morgan fingerprint density at radius 3 is 2.45 bits per heavy atom. The molecule has 0 saturated heterocycles. The van der Waals surface area contributed by atoms with Crippen LogP contribution >= 0.6 is 0 Å². The van der Waals surface area contributed by atoms with Gasteiger partial charge in [-0.2, -0.15) is 5.26 Å². The maximum atomic E-state index is 12.2. The van der Waals surface area contributed by atoms with Crippen LogP contribution in [0.25, 0.3) is 0 Å². The molecule has 2 aromatic carbocycles. The molecule has 0 fully saturated rings. The minimum atomic E-state index is -3.73. The van der Waals surface area contributed by atoms with Gasteiger partial charge in [0, 0.05) is 24.0 Å². The minimum absolute atomic E-state index is 0.0337. The highest BCUT2D eigenvalue weighted by Gasteiger charge is 2.10. The average Bonchev–Trinajstić information content (AvgIpc) is 2.67. The van der Waals surface area contributed by atoms with Crippen LogP contribution in [0.1, 0.15) is 22.8 Å². The van der Waals surface area contributed by atoms with E-state index in [1.807, 2.05) is 6.07 Å². The van der Waals surface area contributed by atoms with Crippen LogP contribution < -0.4 is 15.8 Å². The number of primary sulfonamides is 1. The van der Waals surface area contributed by atoms with Gasteiger partial charge in [-0.05, 0) is 43.2 Å². The molecular weight excluding hydrogens is 392 g/mol. The monoisotopic (exact) mass is 412 g/mol. The smallest absolute Gasteiger partial charge is 0.267 e. The number of rotatable bonds is 8. The Hall–Kier alpha value is -3.48. The van der Waals surface area contributed by atoms with E-state index in [1.54, 1.807) is 30.3 Å². The fourth-order valence-electron chi connectivity index (χ4n) is 2.40. The van der Waals surface area contributed by atoms with Crippen LogP contribution in [0, 0.1) is 11.3 Å². The first-order valence-electron chi connectivity index (χ1n) is 8.58. The first kappa shape index (κ1) is 21.8. The molecule has 0 radical (unpaired) electrons. The molecule has 8 nitrogen and oxygen atoms in total. The highest BCUT2D eigenvalue weighted by Crippen LogP contribution is 2.12. The zero-order chi connectivity index (χ0) is 21.4. The van der Waals surface area contributed by atoms with Crippen molar-refractivity contribution in [3.8, 4) is 6.07 Å². The minimum Gasteiger partial charge on any atom is -0.389 e. The van der Waals surface area contributed by atoms with Crippen LogP contribution in [-0.2, 0) is 21.2 Å². The molecule has 0 bridgehead atoms. The molecule has 2 rings (SSSR count). The number of nitriles is 1. The molecule has 0 aliphatic carbocycles. The molecule has 150 valence electrons. The summed E-state index contributed by atoms with van der Waals surface area (Å²) in [6.45, 7) is 1.85. The zero-order valence-corrected chi connectivity index (χ0v) is 16.5. The van der Waals surface area contributed by atoms with Crippen LogP contribution in [-0.4, -0.2) is 26.7 Å². The van der Waals surface area contributed by atoms with E-state index >= 15 is 0 Å². The predicted molar refractivity (Wildman–Crippen MR) is 108 cm³/mol. The summed E-state index contributed by atoms with van der Waals surface area (Å²) in [6.07, 6.45) is 1.85. The van der Waals surface area contributed by atoms with Crippen molar-refractivity contribution in [3.05, 3.63) is 71.4 Å². The second kappa shape index (κ2) is 9.64. The highest BCUT2D eigenvalue weighted by atomic mass is 32.2. The quantitative estimate of drug-likeness (QED) is 0.261. The normalized spacial score (nSPS) is 11.4. The maximum absolute atomic E-state index is 12.2. The summed E-state index contributed by atoms with van der Waals surface area (Å²) >= 11 is 0. The number of amides is 1. The third kappa shape index (κ3) is 6.57. The number of nitrogens with two attached hydrogens (primary N) is 1. The van der Waals surface area contributed by atoms with Gasteiger partial charge in [0.25, 0.3) is 5.91 Å². The van der Waals surface area contributed by atoms with Crippen LogP contribution in [0.15, 0.2) is 65.2 Å². The maximum Gasteiger partial charge on any atom is 0.267 e. The first-order chi connectivity index (χ1) is 13.7. The molecule has 9 heteroatoms. The molecule has 2 aromatic rings. The van der Waals surface area contributed by atoms with Gasteiger partial charge in [0.2, 0.25) is 10.0 Å². The van der Waals surface area contributed by atoms with Crippen molar-refractivity contribution in [1.82, 2.24) is 5.32 Å². The van der Waals surface area contributed by atoms with Gasteiger partial charge in [0.1, 0.15) is 11.6 Å². The lowest BCUT2D eigenvalue weighted by Crippen LogP contribution is -2.18. The SMILES string of the molecule is CC(=O)c1cccc(NC(=O)/C(C#N)=C\NCCc2ccc(S(N)(=O)=O)cc2)c1. The second-order valence-electron chi connectivity index (χ2n) is 6.15. The molecule has 0 spiro atoms. The summed E-state index contributed by atoms with van der Waals surface area (Å²) in [4.78, 5) is 23.7. The van der Waals surface area contributed by atoms with E-state index in [9.17, 15) is 23.3 Å². The van der Waals surface area contributed by atoms with Gasteiger partial charge in [-0.1, -0.05) is 24.3 Å². The molecular formula is C20H20N4O4S. The summed E-state index contributed by atoms with van der Waals surface area (Å²) in [5.74, 6) is -0.728. The van der Waals surface area contributed by atoms with E-state index in [0.29, 0.717) is 24.2 Å². The number of carbonyl (C=O) groups is 2. The van der Waals surface area contributed by atoms with E-state index in [2.05, 4.69) is 10.6 Å². The fourth-order valence-corrected chi connectivity index (χ4v) is 2.91. The molecule has 0 aliphatic rings. The van der Waals surface area contributed by atoms with Crippen LogP contribution in [0.3, 0.4) is 0 Å². The van der Waals surface area contributed by atoms with Gasteiger partial charge in [-0.15, -0.1) is 0 Å². The van der Waals surface area contributed by atoms with Crippen molar-refractivity contribution in [2.24, 2.45) is 5.14 Å². The van der Waals surface area contributed by atoms with Gasteiger partial charge >= 0.3 is 0 Å². The number of nitrogens with one attached hydrogen (secondary N) is 2. The van der Waals surface area contributed by atoms with Crippen molar-refractivity contribution >= 4 is 27.4 Å². The molecule has 0 saturated carbocycles. The fraction of sp³-hybridized carbons (Fsp3) is 0.150. The van der Waals surface area contributed by atoms with Crippen molar-refractivity contribution in [3.63, 3.8) is 0 Å². The summed E-state index contributed by atoms with van der Waals surface area (Å²) in [6, 6.07) is 14.4. The number of Topliss-reactive ketones (excluding diaryl/α,β-unsaturated/α-hetero) is 1. The number of hydrogen-bond acceptors (Lipinski definition) is 6. The van der Waals surface area contributed by atoms with Crippen molar-refractivity contribution in [2.45, 2.75) is 18.2 Å². The second-order valence-corrected chi connectivity index (χ2v) is 7.72. The van der Waals surface area contributed by atoms with Crippen LogP contribution in [0.5, 0.6) is 0 Å². The van der Waals surface area contributed by atoms with Crippen LogP contribution in [0.4, 0.5) is 5.69 Å². The predicted octanol–water partition coefficient (Wildman–Crippen LogP) is 1.71. The summed E-state index contributed by atoms with van der Waals surface area (Å²) < 4.78 is 22.5. The van der Waals surface area contributed by atoms with Gasteiger partial charge in [0.15, 0.2) is 5.78 Å². The Kier molecular flexibility index (Phi) is 7.25. The topological polar surface area (TPSA) is 142 Å². The molecule has 0 atom stereocenters. The first-order valence-corrected chi connectivity index (χ1v) is 10.1. The van der Waals surface area contributed by atoms with E-state index in [1.165, 1.54) is 31.3 Å². The number of nitrogens with zero attached hydrogens (tertiary/aromatic N) is 1. The average molecular weight is 412 g/mol. The molecule has 0 heterocycles. The molecule has 0 aromatic heterocycles. The number of anilines is 1. The molecule has 0 unspecified atom stereocenters. The Morgan fingerprint density at radius 1 is 1.17 bits per heavy atom. The van der Waals surface area contributed by atoms with E-state index in [-0.39, 0.29) is 16.3 Å². The lowest BCUT2D eigenvalue weighted by atomic mass is 10.1. The standard InChI is InChI=1S/C20H20N4O4S/c1-14(25)16-3-2-4-18(11-16)24-20(26)17(12-21)13-23-10-9-15-5-7-19(8-6-15)29(22,27)28/h2-8,11,13,23H,9-10H2,1H3,(H,24,26)(H2,22,27,28)/b17-13-. The Labute approximate surface area is 169 Å². The lowest BCUT2D eigenvalue weighted by molar-refractivity contribution is -0.112. The summed E-state index contributed by atoms with van der Waals surface area (Å²) in [5.41, 5.74) is 1.61. The summed E-state index contributed by atoms with van der Waals surface area (Å²) in [7, 11) is -3.73.